The minimum Gasteiger partial charge on any atom is -0.312 e. The zero-order valence-electron chi connectivity index (χ0n) is 11.5. The Morgan fingerprint density at radius 1 is 1.37 bits per heavy atom. The van der Waals surface area contributed by atoms with Gasteiger partial charge in [0.25, 0.3) is 0 Å². The number of nitrogens with zero attached hydrogens (tertiary/aromatic N) is 1. The highest BCUT2D eigenvalue weighted by atomic mass is 32.1. The molecule has 1 aliphatic carbocycles. The fourth-order valence-electron chi connectivity index (χ4n) is 2.81. The Labute approximate surface area is 118 Å². The molecule has 1 aliphatic rings. The third kappa shape index (κ3) is 2.45. The summed E-state index contributed by atoms with van der Waals surface area (Å²) in [5, 5.41) is 4.57. The van der Waals surface area contributed by atoms with Gasteiger partial charge in [-0.15, -0.1) is 11.3 Å². The van der Waals surface area contributed by atoms with Gasteiger partial charge in [-0.05, 0) is 44.4 Å². The van der Waals surface area contributed by atoms with Crippen molar-refractivity contribution in [2.24, 2.45) is 0 Å². The van der Waals surface area contributed by atoms with Crippen LogP contribution in [0.15, 0.2) is 30.5 Å². The van der Waals surface area contributed by atoms with Crippen LogP contribution in [0.3, 0.4) is 0 Å². The molecule has 1 heterocycles. The molecular formula is C16H20N2S. The second-order valence-corrected chi connectivity index (χ2v) is 6.35. The lowest BCUT2D eigenvalue weighted by Crippen LogP contribution is -2.11. The molecule has 2 atom stereocenters. The summed E-state index contributed by atoms with van der Waals surface area (Å²) in [6, 6.07) is 9.25. The van der Waals surface area contributed by atoms with Gasteiger partial charge in [-0.25, -0.2) is 4.98 Å². The molecule has 19 heavy (non-hydrogen) atoms. The van der Waals surface area contributed by atoms with Crippen LogP contribution in [0.4, 0.5) is 0 Å². The van der Waals surface area contributed by atoms with E-state index >= 15 is 0 Å². The van der Waals surface area contributed by atoms with Crippen molar-refractivity contribution in [3.05, 3.63) is 51.5 Å². The molecular weight excluding hydrogens is 252 g/mol. The van der Waals surface area contributed by atoms with E-state index in [1.54, 1.807) is 0 Å². The standard InChI is InChI=1S/C16H20N2S/c1-11(17-2)15-10-18-16(19-15)14-9-5-7-12-6-3-4-8-13(12)14/h3-4,6,8,10-11,14,17H,5,7,9H2,1-2H3. The van der Waals surface area contributed by atoms with Crippen molar-refractivity contribution < 1.29 is 0 Å². The summed E-state index contributed by atoms with van der Waals surface area (Å²) in [4.78, 5) is 6.02. The molecule has 100 valence electrons. The molecule has 0 radical (unpaired) electrons. The van der Waals surface area contributed by atoms with Crippen molar-refractivity contribution in [3.63, 3.8) is 0 Å². The maximum atomic E-state index is 4.69. The second kappa shape index (κ2) is 5.43. The molecule has 2 unspecified atom stereocenters. The van der Waals surface area contributed by atoms with Crippen LogP contribution in [0.2, 0.25) is 0 Å². The van der Waals surface area contributed by atoms with Crippen LogP contribution in [-0.2, 0) is 6.42 Å². The third-order valence-electron chi connectivity index (χ3n) is 4.07. The maximum absolute atomic E-state index is 4.69. The second-order valence-electron chi connectivity index (χ2n) is 5.25. The van der Waals surface area contributed by atoms with Crippen molar-refractivity contribution >= 4 is 11.3 Å². The molecule has 3 heteroatoms. The van der Waals surface area contributed by atoms with E-state index in [0.29, 0.717) is 12.0 Å². The van der Waals surface area contributed by atoms with Crippen LogP contribution in [0.1, 0.15) is 52.7 Å². The van der Waals surface area contributed by atoms with Crippen LogP contribution < -0.4 is 5.32 Å². The predicted octanol–water partition coefficient (Wildman–Crippen LogP) is 3.89. The van der Waals surface area contributed by atoms with Gasteiger partial charge in [0, 0.05) is 23.0 Å². The van der Waals surface area contributed by atoms with Gasteiger partial charge in [0.05, 0.1) is 0 Å². The lowest BCUT2D eigenvalue weighted by molar-refractivity contribution is 0.613. The molecule has 2 aromatic rings. The first-order chi connectivity index (χ1) is 9.29. The number of benzene rings is 1. The van der Waals surface area contributed by atoms with Crippen LogP contribution >= 0.6 is 11.3 Å². The summed E-state index contributed by atoms with van der Waals surface area (Å²) in [5.74, 6) is 0.507. The van der Waals surface area contributed by atoms with Gasteiger partial charge in [-0.2, -0.15) is 0 Å². The topological polar surface area (TPSA) is 24.9 Å². The molecule has 0 saturated heterocycles. The number of fused-ring (bicyclic) bond motifs is 1. The monoisotopic (exact) mass is 272 g/mol. The quantitative estimate of drug-likeness (QED) is 0.917. The largest absolute Gasteiger partial charge is 0.312 e. The number of aryl methyl sites for hydroxylation is 1. The first-order valence-corrected chi connectivity index (χ1v) is 7.82. The van der Waals surface area contributed by atoms with Crippen LogP contribution in [0, 0.1) is 0 Å². The Morgan fingerprint density at radius 3 is 3.05 bits per heavy atom. The molecule has 2 nitrogen and oxygen atoms in total. The van der Waals surface area contributed by atoms with E-state index in [-0.39, 0.29) is 0 Å². The van der Waals surface area contributed by atoms with E-state index in [1.165, 1.54) is 40.3 Å². The molecule has 3 rings (SSSR count). The SMILES string of the molecule is CNC(C)c1cnc(C2CCCc3ccccc32)s1. The summed E-state index contributed by atoms with van der Waals surface area (Å²) < 4.78 is 0. The van der Waals surface area contributed by atoms with Gasteiger partial charge in [0.15, 0.2) is 0 Å². The number of rotatable bonds is 3. The van der Waals surface area contributed by atoms with Crippen molar-refractivity contribution in [2.75, 3.05) is 7.05 Å². The highest BCUT2D eigenvalue weighted by Gasteiger charge is 2.24. The number of hydrogen-bond acceptors (Lipinski definition) is 3. The Kier molecular flexibility index (Phi) is 3.67. The Hall–Kier alpha value is -1.19. The van der Waals surface area contributed by atoms with Crippen LogP contribution in [-0.4, -0.2) is 12.0 Å². The summed E-state index contributed by atoms with van der Waals surface area (Å²) in [7, 11) is 2.00. The van der Waals surface area contributed by atoms with Crippen LogP contribution in [0.5, 0.6) is 0 Å². The summed E-state index contributed by atoms with van der Waals surface area (Å²) in [6.07, 6.45) is 5.77. The molecule has 1 aromatic heterocycles. The normalized spacial score (nSPS) is 20.0. The lowest BCUT2D eigenvalue weighted by atomic mass is 9.83. The minimum absolute atomic E-state index is 0.394. The van der Waals surface area contributed by atoms with E-state index in [9.17, 15) is 0 Å². The van der Waals surface area contributed by atoms with Gasteiger partial charge in [0.2, 0.25) is 0 Å². The molecule has 0 spiro atoms. The van der Waals surface area contributed by atoms with Gasteiger partial charge in [-0.3, -0.25) is 0 Å². The number of aromatic nitrogens is 1. The number of thiazole rings is 1. The molecule has 1 aromatic carbocycles. The van der Waals surface area contributed by atoms with Gasteiger partial charge in [0.1, 0.15) is 5.01 Å². The molecule has 0 aliphatic heterocycles. The first-order valence-electron chi connectivity index (χ1n) is 7.00. The Balaban J connectivity index is 1.93. The van der Waals surface area contributed by atoms with Crippen molar-refractivity contribution in [1.82, 2.24) is 10.3 Å². The highest BCUT2D eigenvalue weighted by molar-refractivity contribution is 7.11. The average molecular weight is 272 g/mol. The maximum Gasteiger partial charge on any atom is 0.100 e. The smallest absolute Gasteiger partial charge is 0.100 e. The Bertz CT molecular complexity index is 561. The zero-order chi connectivity index (χ0) is 13.2. The average Bonchev–Trinajstić information content (AvgIpc) is 2.95. The highest BCUT2D eigenvalue weighted by Crippen LogP contribution is 2.38. The molecule has 0 amide bonds. The van der Waals surface area contributed by atoms with E-state index in [1.807, 2.05) is 24.6 Å². The fourth-order valence-corrected chi connectivity index (χ4v) is 3.95. The zero-order valence-corrected chi connectivity index (χ0v) is 12.3. The summed E-state index contributed by atoms with van der Waals surface area (Å²) in [5.41, 5.74) is 3.00. The molecule has 0 saturated carbocycles. The Morgan fingerprint density at radius 2 is 2.21 bits per heavy atom. The number of nitrogens with one attached hydrogen (secondary N) is 1. The van der Waals surface area contributed by atoms with Crippen molar-refractivity contribution in [2.45, 2.75) is 38.1 Å². The predicted molar refractivity (Wildman–Crippen MR) is 80.8 cm³/mol. The minimum atomic E-state index is 0.394. The van der Waals surface area contributed by atoms with Crippen LogP contribution in [0.25, 0.3) is 0 Å². The van der Waals surface area contributed by atoms with Crippen molar-refractivity contribution in [3.8, 4) is 0 Å². The molecule has 0 fully saturated rings. The lowest BCUT2D eigenvalue weighted by Gasteiger charge is -2.23. The van der Waals surface area contributed by atoms with E-state index in [4.69, 9.17) is 0 Å². The fraction of sp³-hybridized carbons (Fsp3) is 0.438. The van der Waals surface area contributed by atoms with Crippen molar-refractivity contribution in [1.29, 1.82) is 0 Å². The van der Waals surface area contributed by atoms with E-state index in [2.05, 4.69) is 41.5 Å². The van der Waals surface area contributed by atoms with Gasteiger partial charge in [-0.1, -0.05) is 24.3 Å². The summed E-state index contributed by atoms with van der Waals surface area (Å²) >= 11 is 1.86. The molecule has 1 N–H and O–H groups in total. The first kappa shape index (κ1) is 12.8. The summed E-state index contributed by atoms with van der Waals surface area (Å²) in [6.45, 7) is 2.19. The van der Waals surface area contributed by atoms with E-state index < -0.39 is 0 Å². The van der Waals surface area contributed by atoms with Gasteiger partial charge >= 0.3 is 0 Å². The number of hydrogen-bond donors (Lipinski definition) is 1. The van der Waals surface area contributed by atoms with Gasteiger partial charge < -0.3 is 5.32 Å². The van der Waals surface area contributed by atoms with E-state index in [0.717, 1.165) is 0 Å². The molecule has 0 bridgehead atoms. The third-order valence-corrected chi connectivity index (χ3v) is 5.36.